The van der Waals surface area contributed by atoms with Crippen LogP contribution in [0.1, 0.15) is 29.0 Å². The van der Waals surface area contributed by atoms with Crippen molar-refractivity contribution in [2.45, 2.75) is 25.4 Å². The van der Waals surface area contributed by atoms with Crippen LogP contribution in [0.5, 0.6) is 5.75 Å². The predicted octanol–water partition coefficient (Wildman–Crippen LogP) is 3.76. The lowest BCUT2D eigenvalue weighted by Crippen LogP contribution is -2.33. The molecular formula is C18H20ClNO4. The highest BCUT2D eigenvalue weighted by Gasteiger charge is 2.27. The van der Waals surface area contributed by atoms with Crippen LogP contribution in [0, 0.1) is 0 Å². The largest absolute Gasteiger partial charge is 0.496 e. The SMILES string of the molecule is COc1ccc(Cl)cc1C(=O)OCC1CCCN1Cc1ccco1. The van der Waals surface area contributed by atoms with E-state index in [0.29, 0.717) is 22.9 Å². The van der Waals surface area contributed by atoms with Crippen molar-refractivity contribution < 1.29 is 18.7 Å². The number of esters is 1. The first-order valence-electron chi connectivity index (χ1n) is 7.94. The molecule has 1 saturated heterocycles. The lowest BCUT2D eigenvalue weighted by atomic mass is 10.2. The summed E-state index contributed by atoms with van der Waals surface area (Å²) in [6, 6.07) is 8.95. The fraction of sp³-hybridized carbons (Fsp3) is 0.389. The summed E-state index contributed by atoms with van der Waals surface area (Å²) in [4.78, 5) is 14.6. The quantitative estimate of drug-likeness (QED) is 0.743. The normalized spacial score (nSPS) is 17.8. The summed E-state index contributed by atoms with van der Waals surface area (Å²) in [6.45, 7) is 2.05. The number of benzene rings is 1. The number of carbonyl (C=O) groups excluding carboxylic acids is 1. The fourth-order valence-corrected chi connectivity index (χ4v) is 3.16. The van der Waals surface area contributed by atoms with Gasteiger partial charge < -0.3 is 13.9 Å². The summed E-state index contributed by atoms with van der Waals surface area (Å²) in [7, 11) is 1.52. The Morgan fingerprint density at radius 3 is 3.04 bits per heavy atom. The standard InChI is InChI=1S/C18H20ClNO4/c1-22-17-7-6-13(19)10-16(17)18(21)24-12-14-4-2-8-20(14)11-15-5-3-9-23-15/h3,5-7,9-10,14H,2,4,8,11-12H2,1H3. The summed E-state index contributed by atoms with van der Waals surface area (Å²) in [5.41, 5.74) is 0.348. The summed E-state index contributed by atoms with van der Waals surface area (Å²) >= 11 is 5.97. The van der Waals surface area contributed by atoms with Crippen LogP contribution in [0.3, 0.4) is 0 Å². The van der Waals surface area contributed by atoms with Gasteiger partial charge in [0, 0.05) is 11.1 Å². The maximum atomic E-state index is 12.4. The zero-order chi connectivity index (χ0) is 16.9. The van der Waals surface area contributed by atoms with Crippen LogP contribution >= 0.6 is 11.6 Å². The maximum absolute atomic E-state index is 12.4. The van der Waals surface area contributed by atoms with E-state index in [0.717, 1.165) is 31.7 Å². The van der Waals surface area contributed by atoms with Gasteiger partial charge >= 0.3 is 5.97 Å². The minimum Gasteiger partial charge on any atom is -0.496 e. The number of nitrogens with zero attached hydrogens (tertiary/aromatic N) is 1. The Balaban J connectivity index is 1.60. The number of ether oxygens (including phenoxy) is 2. The van der Waals surface area contributed by atoms with Gasteiger partial charge in [-0.15, -0.1) is 0 Å². The molecule has 24 heavy (non-hydrogen) atoms. The third-order valence-electron chi connectivity index (χ3n) is 4.23. The Labute approximate surface area is 146 Å². The molecule has 0 bridgehead atoms. The first kappa shape index (κ1) is 16.9. The molecule has 2 aromatic rings. The lowest BCUT2D eigenvalue weighted by Gasteiger charge is -2.23. The van der Waals surface area contributed by atoms with Gasteiger partial charge in [0.2, 0.25) is 0 Å². The second-order valence-electron chi connectivity index (χ2n) is 5.79. The van der Waals surface area contributed by atoms with Crippen molar-refractivity contribution in [3.8, 4) is 5.75 Å². The van der Waals surface area contributed by atoms with E-state index in [1.54, 1.807) is 24.5 Å². The van der Waals surface area contributed by atoms with Gasteiger partial charge in [0.1, 0.15) is 23.7 Å². The number of hydrogen-bond donors (Lipinski definition) is 0. The highest BCUT2D eigenvalue weighted by molar-refractivity contribution is 6.31. The monoisotopic (exact) mass is 349 g/mol. The molecule has 0 radical (unpaired) electrons. The van der Waals surface area contributed by atoms with E-state index >= 15 is 0 Å². The second-order valence-corrected chi connectivity index (χ2v) is 6.23. The lowest BCUT2D eigenvalue weighted by molar-refractivity contribution is 0.0382. The van der Waals surface area contributed by atoms with Gasteiger partial charge in [-0.25, -0.2) is 4.79 Å². The molecule has 2 heterocycles. The summed E-state index contributed by atoms with van der Waals surface area (Å²) in [5, 5.41) is 0.475. The number of hydrogen-bond acceptors (Lipinski definition) is 5. The van der Waals surface area contributed by atoms with Crippen LogP contribution < -0.4 is 4.74 Å². The van der Waals surface area contributed by atoms with Crippen LogP contribution in [0.2, 0.25) is 5.02 Å². The first-order valence-corrected chi connectivity index (χ1v) is 8.32. The Morgan fingerprint density at radius 2 is 2.29 bits per heavy atom. The smallest absolute Gasteiger partial charge is 0.342 e. The molecule has 1 aliphatic heterocycles. The second kappa shape index (κ2) is 7.73. The van der Waals surface area contributed by atoms with Crippen molar-refractivity contribution in [3.63, 3.8) is 0 Å². The van der Waals surface area contributed by atoms with Crippen molar-refractivity contribution in [2.24, 2.45) is 0 Å². The van der Waals surface area contributed by atoms with E-state index in [1.165, 1.54) is 7.11 Å². The molecule has 5 nitrogen and oxygen atoms in total. The molecule has 1 aliphatic rings. The molecule has 128 valence electrons. The zero-order valence-corrected chi connectivity index (χ0v) is 14.3. The molecule has 1 atom stereocenters. The van der Waals surface area contributed by atoms with E-state index in [4.69, 9.17) is 25.5 Å². The molecule has 1 aromatic carbocycles. The van der Waals surface area contributed by atoms with Crippen molar-refractivity contribution >= 4 is 17.6 Å². The fourth-order valence-electron chi connectivity index (χ4n) is 2.98. The molecule has 1 unspecified atom stereocenters. The van der Waals surface area contributed by atoms with Crippen LogP contribution in [-0.4, -0.2) is 37.2 Å². The van der Waals surface area contributed by atoms with E-state index in [1.807, 2.05) is 12.1 Å². The van der Waals surface area contributed by atoms with Crippen molar-refractivity contribution in [3.05, 3.63) is 52.9 Å². The highest BCUT2D eigenvalue weighted by atomic mass is 35.5. The third kappa shape index (κ3) is 3.91. The minimum atomic E-state index is -0.417. The van der Waals surface area contributed by atoms with Gasteiger partial charge in [0.05, 0.1) is 19.9 Å². The molecule has 0 amide bonds. The van der Waals surface area contributed by atoms with Crippen molar-refractivity contribution in [2.75, 3.05) is 20.3 Å². The van der Waals surface area contributed by atoms with E-state index in [9.17, 15) is 4.79 Å². The van der Waals surface area contributed by atoms with Crippen LogP contribution in [0.4, 0.5) is 0 Å². The maximum Gasteiger partial charge on any atom is 0.342 e. The molecule has 0 spiro atoms. The topological polar surface area (TPSA) is 51.9 Å². The number of halogens is 1. The van der Waals surface area contributed by atoms with Crippen molar-refractivity contribution in [1.82, 2.24) is 4.90 Å². The van der Waals surface area contributed by atoms with Gasteiger partial charge in [-0.05, 0) is 49.7 Å². The molecule has 6 heteroatoms. The first-order chi connectivity index (χ1) is 11.7. The Kier molecular flexibility index (Phi) is 5.43. The van der Waals surface area contributed by atoms with Gasteiger partial charge in [-0.2, -0.15) is 0 Å². The minimum absolute atomic E-state index is 0.198. The molecule has 1 fully saturated rings. The molecular weight excluding hydrogens is 330 g/mol. The number of furan rings is 1. The number of carbonyl (C=O) groups is 1. The van der Waals surface area contributed by atoms with E-state index in [-0.39, 0.29) is 6.04 Å². The van der Waals surface area contributed by atoms with Crippen LogP contribution in [0.15, 0.2) is 41.0 Å². The highest BCUT2D eigenvalue weighted by Crippen LogP contribution is 2.25. The number of methoxy groups -OCH3 is 1. The molecule has 1 aromatic heterocycles. The molecule has 3 rings (SSSR count). The molecule has 0 aliphatic carbocycles. The summed E-state index contributed by atoms with van der Waals surface area (Å²) in [5.74, 6) is 0.965. The Bertz CT molecular complexity index is 686. The summed E-state index contributed by atoms with van der Waals surface area (Å²) in [6.07, 6.45) is 3.76. The Hall–Kier alpha value is -1.98. The van der Waals surface area contributed by atoms with Gasteiger partial charge in [-0.1, -0.05) is 11.6 Å². The zero-order valence-electron chi connectivity index (χ0n) is 13.5. The number of rotatable bonds is 6. The molecule has 0 saturated carbocycles. The van der Waals surface area contributed by atoms with Crippen LogP contribution in [-0.2, 0) is 11.3 Å². The van der Waals surface area contributed by atoms with Gasteiger partial charge in [0.25, 0.3) is 0 Å². The average molecular weight is 350 g/mol. The van der Waals surface area contributed by atoms with E-state index < -0.39 is 5.97 Å². The van der Waals surface area contributed by atoms with E-state index in [2.05, 4.69) is 4.90 Å². The summed E-state index contributed by atoms with van der Waals surface area (Å²) < 4.78 is 16.1. The van der Waals surface area contributed by atoms with Gasteiger partial charge in [0.15, 0.2) is 0 Å². The number of likely N-dealkylation sites (tertiary alicyclic amines) is 1. The Morgan fingerprint density at radius 1 is 1.42 bits per heavy atom. The van der Waals surface area contributed by atoms with Crippen molar-refractivity contribution in [1.29, 1.82) is 0 Å². The average Bonchev–Trinajstić information content (AvgIpc) is 3.25. The van der Waals surface area contributed by atoms with Gasteiger partial charge in [-0.3, -0.25) is 4.90 Å². The van der Waals surface area contributed by atoms with Crippen LogP contribution in [0.25, 0.3) is 0 Å². The molecule has 0 N–H and O–H groups in total. The third-order valence-corrected chi connectivity index (χ3v) is 4.46. The predicted molar refractivity (Wildman–Crippen MR) is 90.4 cm³/mol.